The van der Waals surface area contributed by atoms with Crippen molar-refractivity contribution in [2.75, 3.05) is 6.67 Å². The van der Waals surface area contributed by atoms with Crippen LogP contribution in [0.5, 0.6) is 0 Å². The fraction of sp³-hybridized carbons (Fsp3) is 0.500. The van der Waals surface area contributed by atoms with Crippen molar-refractivity contribution in [3.63, 3.8) is 0 Å². The second-order valence-electron chi connectivity index (χ2n) is 2.03. The monoisotopic (exact) mass is 164 g/mol. The Bertz CT molecular complexity index is 221. The van der Waals surface area contributed by atoms with Crippen molar-refractivity contribution >= 4 is 0 Å². The van der Waals surface area contributed by atoms with Crippen LogP contribution in [-0.4, -0.2) is 16.5 Å². The van der Waals surface area contributed by atoms with Gasteiger partial charge in [0.1, 0.15) is 6.67 Å². The summed E-state index contributed by atoms with van der Waals surface area (Å²) in [7, 11) is 0. The fourth-order valence-electron chi connectivity index (χ4n) is 0.701. The molecule has 0 aliphatic rings. The molecule has 0 spiro atoms. The van der Waals surface area contributed by atoms with E-state index in [1.165, 1.54) is 0 Å². The minimum absolute atomic E-state index is 0.0344. The average molecular weight is 164 g/mol. The third kappa shape index (κ3) is 1.96. The summed E-state index contributed by atoms with van der Waals surface area (Å²) in [4.78, 5) is 0. The van der Waals surface area contributed by atoms with Gasteiger partial charge in [-0.2, -0.15) is 5.10 Å². The molecule has 0 saturated heterocycles. The van der Waals surface area contributed by atoms with Crippen molar-refractivity contribution in [1.82, 2.24) is 9.78 Å². The first-order valence-electron chi connectivity index (χ1n) is 3.10. The maximum absolute atomic E-state index is 11.9. The van der Waals surface area contributed by atoms with Crippen molar-refractivity contribution in [3.8, 4) is 0 Å². The average Bonchev–Trinajstić information content (AvgIpc) is 2.37. The van der Waals surface area contributed by atoms with E-state index in [1.807, 2.05) is 0 Å². The molecule has 62 valence electrons. The van der Waals surface area contributed by atoms with Crippen molar-refractivity contribution in [2.45, 2.75) is 13.0 Å². The van der Waals surface area contributed by atoms with E-state index in [-0.39, 0.29) is 12.1 Å². The molecule has 0 aromatic carbocycles. The third-order valence-electron chi connectivity index (χ3n) is 1.22. The van der Waals surface area contributed by atoms with Crippen LogP contribution in [-0.2, 0) is 6.54 Å². The van der Waals surface area contributed by atoms with Crippen LogP contribution in [0.2, 0.25) is 0 Å². The molecule has 1 aromatic rings. The highest BCUT2D eigenvalue weighted by Crippen LogP contribution is 2.16. The smallest absolute Gasteiger partial charge is 0.266 e. The molecule has 0 fully saturated rings. The zero-order valence-corrected chi connectivity index (χ0v) is 5.67. The maximum Gasteiger partial charge on any atom is 0.266 e. The van der Waals surface area contributed by atoms with Gasteiger partial charge in [0.05, 0.1) is 18.3 Å². The Kier molecular flexibility index (Phi) is 2.51. The predicted molar refractivity (Wildman–Crippen MR) is 33.2 cm³/mol. The fourth-order valence-corrected chi connectivity index (χ4v) is 0.701. The largest absolute Gasteiger partial charge is 0.270 e. The summed E-state index contributed by atoms with van der Waals surface area (Å²) in [6, 6.07) is 0. The Morgan fingerprint density at radius 1 is 1.55 bits per heavy atom. The molecule has 11 heavy (non-hydrogen) atoms. The first-order chi connectivity index (χ1) is 5.24. The van der Waals surface area contributed by atoms with Crippen LogP contribution in [0.15, 0.2) is 12.4 Å². The van der Waals surface area contributed by atoms with Gasteiger partial charge in [0.15, 0.2) is 0 Å². The number of halogens is 3. The van der Waals surface area contributed by atoms with E-state index >= 15 is 0 Å². The molecular formula is C6H7F3N2. The Hall–Kier alpha value is -1.00. The summed E-state index contributed by atoms with van der Waals surface area (Å²) in [6.07, 6.45) is -0.340. The topological polar surface area (TPSA) is 17.8 Å². The Balaban J connectivity index is 2.66. The number of rotatable bonds is 3. The molecule has 5 heteroatoms. The molecule has 1 aromatic heterocycles. The minimum Gasteiger partial charge on any atom is -0.270 e. The van der Waals surface area contributed by atoms with Crippen LogP contribution in [0.4, 0.5) is 13.2 Å². The molecule has 1 heterocycles. The molecule has 0 aliphatic carbocycles. The molecule has 0 radical (unpaired) electrons. The van der Waals surface area contributed by atoms with Gasteiger partial charge in [0, 0.05) is 6.20 Å². The van der Waals surface area contributed by atoms with E-state index in [1.54, 1.807) is 0 Å². The summed E-state index contributed by atoms with van der Waals surface area (Å²) in [5.74, 6) is 0. The number of hydrogen-bond donors (Lipinski definition) is 0. The van der Waals surface area contributed by atoms with Crippen LogP contribution in [0.25, 0.3) is 0 Å². The minimum atomic E-state index is -2.52. The van der Waals surface area contributed by atoms with Crippen LogP contribution >= 0.6 is 0 Å². The van der Waals surface area contributed by atoms with Gasteiger partial charge in [-0.05, 0) is 0 Å². The Morgan fingerprint density at radius 3 is 2.73 bits per heavy atom. The second-order valence-corrected chi connectivity index (χ2v) is 2.03. The van der Waals surface area contributed by atoms with Crippen molar-refractivity contribution in [1.29, 1.82) is 0 Å². The summed E-state index contributed by atoms with van der Waals surface area (Å²) in [6.45, 7) is -0.558. The zero-order valence-electron chi connectivity index (χ0n) is 5.67. The molecule has 1 rings (SSSR count). The summed E-state index contributed by atoms with van der Waals surface area (Å²) >= 11 is 0. The van der Waals surface area contributed by atoms with Crippen molar-refractivity contribution < 1.29 is 13.2 Å². The van der Waals surface area contributed by atoms with E-state index in [9.17, 15) is 13.2 Å². The van der Waals surface area contributed by atoms with E-state index in [0.717, 1.165) is 17.1 Å². The van der Waals surface area contributed by atoms with Crippen molar-refractivity contribution in [2.24, 2.45) is 0 Å². The Morgan fingerprint density at radius 2 is 2.27 bits per heavy atom. The highest BCUT2D eigenvalue weighted by Gasteiger charge is 2.08. The van der Waals surface area contributed by atoms with Crippen LogP contribution in [0, 0.1) is 0 Å². The lowest BCUT2D eigenvalue weighted by atomic mass is 10.4. The van der Waals surface area contributed by atoms with E-state index in [2.05, 4.69) is 5.10 Å². The van der Waals surface area contributed by atoms with Gasteiger partial charge in [-0.15, -0.1) is 0 Å². The van der Waals surface area contributed by atoms with Gasteiger partial charge in [0.25, 0.3) is 6.43 Å². The van der Waals surface area contributed by atoms with E-state index in [0.29, 0.717) is 0 Å². The molecule has 2 nitrogen and oxygen atoms in total. The van der Waals surface area contributed by atoms with Gasteiger partial charge in [0.2, 0.25) is 0 Å². The molecular weight excluding hydrogens is 157 g/mol. The maximum atomic E-state index is 11.9. The first-order valence-corrected chi connectivity index (χ1v) is 3.10. The summed E-state index contributed by atoms with van der Waals surface area (Å²) < 4.78 is 36.5. The summed E-state index contributed by atoms with van der Waals surface area (Å²) in [5.41, 5.74) is -0.168. The number of alkyl halides is 3. The molecule has 0 amide bonds. The number of aromatic nitrogens is 2. The number of nitrogens with zero attached hydrogens (tertiary/aromatic N) is 2. The van der Waals surface area contributed by atoms with E-state index in [4.69, 9.17) is 0 Å². The van der Waals surface area contributed by atoms with Gasteiger partial charge in [-0.1, -0.05) is 0 Å². The molecule has 0 atom stereocenters. The quantitative estimate of drug-likeness (QED) is 0.665. The lowest BCUT2D eigenvalue weighted by Crippen LogP contribution is -1.98. The zero-order chi connectivity index (χ0) is 8.27. The number of hydrogen-bond acceptors (Lipinski definition) is 1. The van der Waals surface area contributed by atoms with Crippen molar-refractivity contribution in [3.05, 3.63) is 18.0 Å². The molecule has 0 unspecified atom stereocenters. The third-order valence-corrected chi connectivity index (χ3v) is 1.22. The molecule has 0 aliphatic heterocycles. The predicted octanol–water partition coefficient (Wildman–Crippen LogP) is 1.79. The normalized spacial score (nSPS) is 10.9. The van der Waals surface area contributed by atoms with Crippen LogP contribution in [0.1, 0.15) is 12.0 Å². The van der Waals surface area contributed by atoms with Gasteiger partial charge in [-0.3, -0.25) is 4.68 Å². The van der Waals surface area contributed by atoms with Crippen LogP contribution in [0.3, 0.4) is 0 Å². The molecule has 0 N–H and O–H groups in total. The van der Waals surface area contributed by atoms with Gasteiger partial charge in [-0.25, -0.2) is 13.2 Å². The standard InChI is InChI=1S/C6H7F3N2/c7-1-2-11-4-5(3-10-11)6(8)9/h3-4,6H,1-2H2. The molecule has 0 bridgehead atoms. The lowest BCUT2D eigenvalue weighted by Gasteiger charge is -1.93. The van der Waals surface area contributed by atoms with Crippen LogP contribution < -0.4 is 0 Å². The highest BCUT2D eigenvalue weighted by atomic mass is 19.3. The molecule has 0 saturated carbocycles. The van der Waals surface area contributed by atoms with Gasteiger partial charge < -0.3 is 0 Å². The second kappa shape index (κ2) is 3.41. The Labute approximate surface area is 61.6 Å². The van der Waals surface area contributed by atoms with Gasteiger partial charge >= 0.3 is 0 Å². The van der Waals surface area contributed by atoms with E-state index < -0.39 is 13.1 Å². The highest BCUT2D eigenvalue weighted by molar-refractivity contribution is 5.04. The first kappa shape index (κ1) is 8.10. The lowest BCUT2D eigenvalue weighted by molar-refractivity contribution is 0.151. The summed E-state index contributed by atoms with van der Waals surface area (Å²) in [5, 5.41) is 3.52. The number of aryl methyl sites for hydroxylation is 1. The SMILES string of the molecule is FCCn1cc(C(F)F)cn1.